The van der Waals surface area contributed by atoms with Crippen LogP contribution < -0.4 is 10.2 Å². The third-order valence-electron chi connectivity index (χ3n) is 3.09. The second-order valence-electron chi connectivity index (χ2n) is 4.41. The molecule has 1 aromatic rings. The predicted octanol–water partition coefficient (Wildman–Crippen LogP) is 3.27. The van der Waals surface area contributed by atoms with E-state index < -0.39 is 11.7 Å². The lowest BCUT2D eigenvalue weighted by Crippen LogP contribution is -2.50. The van der Waals surface area contributed by atoms with Gasteiger partial charge in [0.25, 0.3) is 0 Å². The first-order chi connectivity index (χ1) is 8.39. The van der Waals surface area contributed by atoms with Crippen LogP contribution >= 0.6 is 15.9 Å². The molecule has 1 N–H and O–H groups in total. The molecular weight excluding hydrogens is 309 g/mol. The van der Waals surface area contributed by atoms with E-state index in [4.69, 9.17) is 0 Å². The van der Waals surface area contributed by atoms with Gasteiger partial charge in [0, 0.05) is 35.8 Å². The largest absolute Gasteiger partial charge is 0.417 e. The van der Waals surface area contributed by atoms with Gasteiger partial charge in [-0.2, -0.15) is 13.2 Å². The topological polar surface area (TPSA) is 15.3 Å². The summed E-state index contributed by atoms with van der Waals surface area (Å²) in [6.45, 7) is 4.31. The molecule has 100 valence electrons. The fraction of sp³-hybridized carbons (Fsp3) is 0.500. The van der Waals surface area contributed by atoms with Gasteiger partial charge in [0.2, 0.25) is 0 Å². The Balaban J connectivity index is 2.34. The van der Waals surface area contributed by atoms with Crippen LogP contribution in [0.3, 0.4) is 0 Å². The average molecular weight is 323 g/mol. The molecule has 0 aliphatic carbocycles. The zero-order valence-corrected chi connectivity index (χ0v) is 11.5. The maximum Gasteiger partial charge on any atom is 0.417 e. The third-order valence-corrected chi connectivity index (χ3v) is 3.78. The van der Waals surface area contributed by atoms with Crippen LogP contribution in [-0.2, 0) is 6.18 Å². The van der Waals surface area contributed by atoms with Crippen LogP contribution in [-0.4, -0.2) is 25.7 Å². The van der Waals surface area contributed by atoms with Gasteiger partial charge in [0.05, 0.1) is 5.56 Å². The van der Waals surface area contributed by atoms with Crippen LogP contribution in [0.4, 0.5) is 18.9 Å². The van der Waals surface area contributed by atoms with E-state index in [9.17, 15) is 13.2 Å². The summed E-state index contributed by atoms with van der Waals surface area (Å²) in [5, 5.41) is 3.22. The van der Waals surface area contributed by atoms with Crippen LogP contribution in [0, 0.1) is 0 Å². The first-order valence-corrected chi connectivity index (χ1v) is 6.53. The van der Waals surface area contributed by atoms with Crippen LogP contribution in [0.5, 0.6) is 0 Å². The van der Waals surface area contributed by atoms with Gasteiger partial charge < -0.3 is 10.2 Å². The standard InChI is InChI=1S/C12H14BrF3N2/c1-8-7-17-4-5-18(8)9-2-3-11(13)10(6-9)12(14,15)16/h2-3,6,8,17H,4-5,7H2,1H3. The first kappa shape index (κ1) is 13.7. The van der Waals surface area contributed by atoms with Gasteiger partial charge in [-0.15, -0.1) is 0 Å². The molecule has 0 radical (unpaired) electrons. The maximum absolute atomic E-state index is 12.8. The summed E-state index contributed by atoms with van der Waals surface area (Å²) < 4.78 is 38.6. The summed E-state index contributed by atoms with van der Waals surface area (Å²) in [4.78, 5) is 2.00. The van der Waals surface area contributed by atoms with E-state index in [0.717, 1.165) is 19.6 Å². The van der Waals surface area contributed by atoms with Gasteiger partial charge >= 0.3 is 6.18 Å². The Morgan fingerprint density at radius 3 is 2.72 bits per heavy atom. The SMILES string of the molecule is CC1CNCCN1c1ccc(Br)c(C(F)(F)F)c1. The predicted molar refractivity (Wildman–Crippen MR) is 68.8 cm³/mol. The van der Waals surface area contributed by atoms with Crippen molar-refractivity contribution in [1.82, 2.24) is 5.32 Å². The normalized spacial score (nSPS) is 21.2. The monoisotopic (exact) mass is 322 g/mol. The van der Waals surface area contributed by atoms with Crippen molar-refractivity contribution in [2.45, 2.75) is 19.1 Å². The van der Waals surface area contributed by atoms with Gasteiger partial charge in [-0.3, -0.25) is 0 Å². The van der Waals surface area contributed by atoms with E-state index in [2.05, 4.69) is 21.2 Å². The highest BCUT2D eigenvalue weighted by Gasteiger charge is 2.34. The van der Waals surface area contributed by atoms with E-state index in [1.807, 2.05) is 11.8 Å². The Kier molecular flexibility index (Phi) is 3.87. The van der Waals surface area contributed by atoms with E-state index in [0.29, 0.717) is 5.69 Å². The van der Waals surface area contributed by atoms with Crippen molar-refractivity contribution in [3.05, 3.63) is 28.2 Å². The second-order valence-corrected chi connectivity index (χ2v) is 5.26. The van der Waals surface area contributed by atoms with E-state index >= 15 is 0 Å². The van der Waals surface area contributed by atoms with Crippen molar-refractivity contribution < 1.29 is 13.2 Å². The fourth-order valence-electron chi connectivity index (χ4n) is 2.13. The van der Waals surface area contributed by atoms with E-state index in [-0.39, 0.29) is 10.5 Å². The maximum atomic E-state index is 12.8. The number of benzene rings is 1. The molecule has 18 heavy (non-hydrogen) atoms. The summed E-state index contributed by atoms with van der Waals surface area (Å²) in [5.74, 6) is 0. The molecule has 0 aromatic heterocycles. The number of halogens is 4. The van der Waals surface area contributed by atoms with Crippen molar-refractivity contribution in [3.8, 4) is 0 Å². The molecule has 1 fully saturated rings. The molecule has 0 amide bonds. The van der Waals surface area contributed by atoms with Crippen molar-refractivity contribution >= 4 is 21.6 Å². The van der Waals surface area contributed by atoms with Gasteiger partial charge in [-0.05, 0) is 25.1 Å². The highest BCUT2D eigenvalue weighted by atomic mass is 79.9. The number of anilines is 1. The van der Waals surface area contributed by atoms with Crippen LogP contribution in [0.1, 0.15) is 12.5 Å². The number of hydrogen-bond donors (Lipinski definition) is 1. The molecule has 1 saturated heterocycles. The van der Waals surface area contributed by atoms with Crippen molar-refractivity contribution in [2.24, 2.45) is 0 Å². The Morgan fingerprint density at radius 1 is 1.39 bits per heavy atom. The number of hydrogen-bond acceptors (Lipinski definition) is 2. The molecule has 1 unspecified atom stereocenters. The smallest absolute Gasteiger partial charge is 0.366 e. The van der Waals surface area contributed by atoms with Crippen LogP contribution in [0.25, 0.3) is 0 Å². The molecule has 6 heteroatoms. The Hall–Kier alpha value is -0.750. The van der Waals surface area contributed by atoms with Crippen LogP contribution in [0.15, 0.2) is 22.7 Å². The highest BCUT2D eigenvalue weighted by molar-refractivity contribution is 9.10. The summed E-state index contributed by atoms with van der Waals surface area (Å²) in [5.41, 5.74) is 0.00487. The van der Waals surface area contributed by atoms with Crippen molar-refractivity contribution in [3.63, 3.8) is 0 Å². The Morgan fingerprint density at radius 2 is 2.11 bits per heavy atom. The lowest BCUT2D eigenvalue weighted by atomic mass is 10.1. The van der Waals surface area contributed by atoms with Gasteiger partial charge in [-0.25, -0.2) is 0 Å². The summed E-state index contributed by atoms with van der Waals surface area (Å²) in [6, 6.07) is 4.60. The minimum Gasteiger partial charge on any atom is -0.366 e. The number of piperazine rings is 1. The van der Waals surface area contributed by atoms with E-state index in [1.54, 1.807) is 6.07 Å². The molecule has 2 rings (SSSR count). The van der Waals surface area contributed by atoms with E-state index in [1.165, 1.54) is 12.1 Å². The quantitative estimate of drug-likeness (QED) is 0.853. The zero-order chi connectivity index (χ0) is 13.3. The number of nitrogens with one attached hydrogen (secondary N) is 1. The molecule has 0 saturated carbocycles. The summed E-state index contributed by atoms with van der Waals surface area (Å²) in [7, 11) is 0. The minimum atomic E-state index is -4.33. The van der Waals surface area contributed by atoms with Gasteiger partial charge in [0.15, 0.2) is 0 Å². The Labute approximate surface area is 112 Å². The third kappa shape index (κ3) is 2.80. The molecule has 1 aromatic carbocycles. The molecule has 1 atom stereocenters. The number of nitrogens with zero attached hydrogens (tertiary/aromatic N) is 1. The summed E-state index contributed by atoms with van der Waals surface area (Å²) in [6.07, 6.45) is -4.33. The van der Waals surface area contributed by atoms with Crippen molar-refractivity contribution in [2.75, 3.05) is 24.5 Å². The minimum absolute atomic E-state index is 0.0848. The summed E-state index contributed by atoms with van der Waals surface area (Å²) >= 11 is 2.95. The second kappa shape index (κ2) is 5.09. The number of alkyl halides is 3. The first-order valence-electron chi connectivity index (χ1n) is 5.73. The molecule has 2 nitrogen and oxygen atoms in total. The molecule has 1 aliphatic rings. The molecule has 0 bridgehead atoms. The average Bonchev–Trinajstić information content (AvgIpc) is 2.29. The van der Waals surface area contributed by atoms with Crippen LogP contribution in [0.2, 0.25) is 0 Å². The number of rotatable bonds is 1. The molecule has 1 aliphatic heterocycles. The zero-order valence-electron chi connectivity index (χ0n) is 9.89. The lowest BCUT2D eigenvalue weighted by molar-refractivity contribution is -0.138. The molecule has 0 spiro atoms. The molecular formula is C12H14BrF3N2. The Bertz CT molecular complexity index is 434. The lowest BCUT2D eigenvalue weighted by Gasteiger charge is -2.36. The van der Waals surface area contributed by atoms with Gasteiger partial charge in [-0.1, -0.05) is 15.9 Å². The van der Waals surface area contributed by atoms with Crippen molar-refractivity contribution in [1.29, 1.82) is 0 Å². The van der Waals surface area contributed by atoms with Gasteiger partial charge in [0.1, 0.15) is 0 Å². The molecule has 1 heterocycles. The fourth-order valence-corrected chi connectivity index (χ4v) is 2.61. The highest BCUT2D eigenvalue weighted by Crippen LogP contribution is 2.37.